The fourth-order valence-electron chi connectivity index (χ4n) is 3.07. The highest BCUT2D eigenvalue weighted by Gasteiger charge is 2.24. The zero-order chi connectivity index (χ0) is 19.9. The molecule has 0 atom stereocenters. The maximum absolute atomic E-state index is 14.1. The predicted octanol–water partition coefficient (Wildman–Crippen LogP) is 3.64. The number of aromatic nitrogens is 3. The molecule has 2 heterocycles. The zero-order valence-corrected chi connectivity index (χ0v) is 15.8. The summed E-state index contributed by atoms with van der Waals surface area (Å²) in [4.78, 5) is 14.5. The Bertz CT molecular complexity index is 1000. The first kappa shape index (κ1) is 18.8. The molecule has 0 spiro atoms. The van der Waals surface area contributed by atoms with Crippen LogP contribution in [-0.2, 0) is 6.54 Å². The Labute approximate surface area is 155 Å². The quantitative estimate of drug-likeness (QED) is 0.699. The van der Waals surface area contributed by atoms with Gasteiger partial charge in [-0.25, -0.2) is 13.5 Å². The van der Waals surface area contributed by atoms with Crippen molar-refractivity contribution in [2.75, 3.05) is 7.05 Å². The highest BCUT2D eigenvalue weighted by atomic mass is 19.1. The minimum Gasteiger partial charge on any atom is -0.361 e. The van der Waals surface area contributed by atoms with Crippen LogP contribution in [0.25, 0.3) is 5.69 Å². The van der Waals surface area contributed by atoms with E-state index in [0.29, 0.717) is 29.3 Å². The summed E-state index contributed by atoms with van der Waals surface area (Å²) in [6.07, 6.45) is 0. The molecule has 0 saturated heterocycles. The first-order valence-electron chi connectivity index (χ1n) is 8.39. The van der Waals surface area contributed by atoms with E-state index < -0.39 is 11.6 Å². The predicted molar refractivity (Wildman–Crippen MR) is 94.7 cm³/mol. The number of rotatable bonds is 4. The van der Waals surface area contributed by atoms with Gasteiger partial charge in [-0.3, -0.25) is 4.79 Å². The van der Waals surface area contributed by atoms with E-state index in [-0.39, 0.29) is 11.6 Å². The summed E-state index contributed by atoms with van der Waals surface area (Å²) in [7, 11) is 1.67. The topological polar surface area (TPSA) is 64.2 Å². The Morgan fingerprint density at radius 1 is 1.19 bits per heavy atom. The van der Waals surface area contributed by atoms with Crippen LogP contribution in [0.2, 0.25) is 0 Å². The van der Waals surface area contributed by atoms with Gasteiger partial charge in [0.15, 0.2) is 5.82 Å². The van der Waals surface area contributed by atoms with E-state index in [2.05, 4.69) is 10.3 Å². The van der Waals surface area contributed by atoms with Crippen molar-refractivity contribution in [2.24, 2.45) is 0 Å². The standard InChI is InChI=1S/C19H20F2N4O2/c1-10-15(13(4)27-23-10)9-24(5)19(26)18-11(2)22-25(12(18)3)17-7-6-14(20)8-16(17)21/h6-8H,9H2,1-5H3. The summed E-state index contributed by atoms with van der Waals surface area (Å²) >= 11 is 0. The zero-order valence-electron chi connectivity index (χ0n) is 15.8. The van der Waals surface area contributed by atoms with E-state index in [9.17, 15) is 13.6 Å². The van der Waals surface area contributed by atoms with Gasteiger partial charge in [0, 0.05) is 18.7 Å². The number of carbonyl (C=O) groups excluding carboxylic acids is 1. The molecule has 0 unspecified atom stereocenters. The SMILES string of the molecule is Cc1noc(C)c1CN(C)C(=O)c1c(C)nn(-c2ccc(F)cc2F)c1C. The van der Waals surface area contributed by atoms with Gasteiger partial charge in [0.2, 0.25) is 0 Å². The second-order valence-corrected chi connectivity index (χ2v) is 6.52. The molecule has 0 aliphatic heterocycles. The highest BCUT2D eigenvalue weighted by molar-refractivity contribution is 5.96. The third-order valence-corrected chi connectivity index (χ3v) is 4.57. The van der Waals surface area contributed by atoms with Crippen LogP contribution in [0, 0.1) is 39.3 Å². The van der Waals surface area contributed by atoms with Gasteiger partial charge in [-0.05, 0) is 39.8 Å². The van der Waals surface area contributed by atoms with E-state index in [4.69, 9.17) is 4.52 Å². The van der Waals surface area contributed by atoms with E-state index in [0.717, 1.165) is 23.4 Å². The maximum atomic E-state index is 14.1. The van der Waals surface area contributed by atoms with E-state index in [1.54, 1.807) is 27.8 Å². The fraction of sp³-hybridized carbons (Fsp3) is 0.316. The maximum Gasteiger partial charge on any atom is 0.257 e. The molecule has 1 aromatic carbocycles. The van der Waals surface area contributed by atoms with Gasteiger partial charge >= 0.3 is 0 Å². The third-order valence-electron chi connectivity index (χ3n) is 4.57. The number of carbonyl (C=O) groups is 1. The average molecular weight is 374 g/mol. The summed E-state index contributed by atoms with van der Waals surface area (Å²) in [6, 6.07) is 3.24. The van der Waals surface area contributed by atoms with Gasteiger partial charge in [0.05, 0.1) is 29.2 Å². The third kappa shape index (κ3) is 3.34. The summed E-state index contributed by atoms with van der Waals surface area (Å²) < 4.78 is 33.8. The summed E-state index contributed by atoms with van der Waals surface area (Å²) in [5.74, 6) is -1.01. The summed E-state index contributed by atoms with van der Waals surface area (Å²) in [5.41, 5.74) is 2.99. The number of halogens is 2. The van der Waals surface area contributed by atoms with Crippen molar-refractivity contribution in [3.63, 3.8) is 0 Å². The van der Waals surface area contributed by atoms with Crippen molar-refractivity contribution in [3.8, 4) is 5.69 Å². The first-order chi connectivity index (χ1) is 12.7. The van der Waals surface area contributed by atoms with Crippen LogP contribution < -0.4 is 0 Å². The number of benzene rings is 1. The van der Waals surface area contributed by atoms with Gasteiger partial charge in [0.1, 0.15) is 17.3 Å². The number of hydrogen-bond acceptors (Lipinski definition) is 4. The number of hydrogen-bond donors (Lipinski definition) is 0. The van der Waals surface area contributed by atoms with Gasteiger partial charge in [-0.2, -0.15) is 5.10 Å². The van der Waals surface area contributed by atoms with Gasteiger partial charge in [-0.15, -0.1) is 0 Å². The summed E-state index contributed by atoms with van der Waals surface area (Å²) in [6.45, 7) is 7.30. The molecule has 0 fully saturated rings. The molecule has 0 aliphatic rings. The van der Waals surface area contributed by atoms with E-state index >= 15 is 0 Å². The minimum absolute atomic E-state index is 0.0874. The molecule has 0 N–H and O–H groups in total. The molecule has 0 bridgehead atoms. The Morgan fingerprint density at radius 3 is 2.48 bits per heavy atom. The Balaban J connectivity index is 1.95. The number of amides is 1. The largest absolute Gasteiger partial charge is 0.361 e. The molecule has 0 radical (unpaired) electrons. The molecule has 2 aromatic heterocycles. The van der Waals surface area contributed by atoms with Gasteiger partial charge < -0.3 is 9.42 Å². The molecular weight excluding hydrogens is 354 g/mol. The van der Waals surface area contributed by atoms with Crippen LogP contribution >= 0.6 is 0 Å². The smallest absolute Gasteiger partial charge is 0.257 e. The fourth-order valence-corrected chi connectivity index (χ4v) is 3.07. The lowest BCUT2D eigenvalue weighted by atomic mass is 10.1. The second kappa shape index (κ2) is 6.94. The van der Waals surface area contributed by atoms with Crippen molar-refractivity contribution in [1.82, 2.24) is 19.8 Å². The molecule has 1 amide bonds. The lowest BCUT2D eigenvalue weighted by molar-refractivity contribution is 0.0783. The normalized spacial score (nSPS) is 11.1. The molecule has 0 saturated carbocycles. The Morgan fingerprint density at radius 2 is 1.89 bits per heavy atom. The highest BCUT2D eigenvalue weighted by Crippen LogP contribution is 2.23. The van der Waals surface area contributed by atoms with Crippen LogP contribution in [0.3, 0.4) is 0 Å². The molecule has 3 rings (SSSR count). The Hall–Kier alpha value is -3.03. The van der Waals surface area contributed by atoms with Gasteiger partial charge in [0.25, 0.3) is 5.91 Å². The van der Waals surface area contributed by atoms with Crippen LogP contribution in [0.1, 0.15) is 38.8 Å². The monoisotopic (exact) mass is 374 g/mol. The van der Waals surface area contributed by atoms with E-state index in [1.807, 2.05) is 6.92 Å². The van der Waals surface area contributed by atoms with Crippen molar-refractivity contribution in [1.29, 1.82) is 0 Å². The molecule has 142 valence electrons. The minimum atomic E-state index is -0.747. The number of nitrogens with zero attached hydrogens (tertiary/aromatic N) is 4. The molecule has 0 aliphatic carbocycles. The average Bonchev–Trinajstić information content (AvgIpc) is 3.07. The second-order valence-electron chi connectivity index (χ2n) is 6.52. The Kier molecular flexibility index (Phi) is 4.82. The number of aryl methyl sites for hydroxylation is 3. The van der Waals surface area contributed by atoms with Crippen molar-refractivity contribution in [3.05, 3.63) is 63.8 Å². The molecular formula is C19H20F2N4O2. The lowest BCUT2D eigenvalue weighted by Gasteiger charge is -2.17. The summed E-state index contributed by atoms with van der Waals surface area (Å²) in [5, 5.41) is 8.18. The molecule has 3 aromatic rings. The van der Waals surface area contributed by atoms with Gasteiger partial charge in [-0.1, -0.05) is 5.16 Å². The van der Waals surface area contributed by atoms with Crippen LogP contribution in [-0.4, -0.2) is 32.8 Å². The molecule has 27 heavy (non-hydrogen) atoms. The molecule has 8 heteroatoms. The first-order valence-corrected chi connectivity index (χ1v) is 8.39. The van der Waals surface area contributed by atoms with Crippen LogP contribution in [0.5, 0.6) is 0 Å². The van der Waals surface area contributed by atoms with Crippen LogP contribution in [0.15, 0.2) is 22.7 Å². The van der Waals surface area contributed by atoms with Crippen molar-refractivity contribution < 1.29 is 18.1 Å². The van der Waals surface area contributed by atoms with Crippen molar-refractivity contribution >= 4 is 5.91 Å². The lowest BCUT2D eigenvalue weighted by Crippen LogP contribution is -2.27. The van der Waals surface area contributed by atoms with Crippen LogP contribution in [0.4, 0.5) is 8.78 Å². The molecule has 6 nitrogen and oxygen atoms in total. The van der Waals surface area contributed by atoms with Crippen molar-refractivity contribution in [2.45, 2.75) is 34.2 Å². The van der Waals surface area contributed by atoms with E-state index in [1.165, 1.54) is 15.6 Å².